The van der Waals surface area contributed by atoms with Crippen LogP contribution in [0.4, 0.5) is 34.1 Å². The van der Waals surface area contributed by atoms with E-state index >= 15 is 0 Å². The van der Waals surface area contributed by atoms with Crippen molar-refractivity contribution in [3.63, 3.8) is 0 Å². The van der Waals surface area contributed by atoms with Gasteiger partial charge in [-0.1, -0.05) is 97.1 Å². The number of benzene rings is 7. The summed E-state index contributed by atoms with van der Waals surface area (Å²) in [7, 11) is 0. The average molecular weight is 587 g/mol. The molecule has 214 valence electrons. The quantitative estimate of drug-likeness (QED) is 0.192. The molecule has 2 aliphatic rings. The van der Waals surface area contributed by atoms with Gasteiger partial charge in [-0.25, -0.2) is 0 Å². The van der Waals surface area contributed by atoms with Crippen molar-refractivity contribution >= 4 is 79.2 Å². The average Bonchev–Trinajstić information content (AvgIpc) is 3.50. The Hall–Kier alpha value is -6.00. The minimum Gasteiger partial charge on any atom is -0.456 e. The van der Waals surface area contributed by atoms with Crippen LogP contribution in [-0.2, 0) is 0 Å². The van der Waals surface area contributed by atoms with E-state index in [0.29, 0.717) is 0 Å². The molecule has 0 aliphatic carbocycles. The standard InChI is InChI=1S/C42H27BN2O/c1-2-13-30(14-3-1)44-36-19-7-5-17-34(36)43-35-18-6-8-20-37(35)45(39-22-11-21-38(44)42(39)43)31-15-10-12-28(26-31)29-24-25-41-33(27-29)32-16-4-9-23-40(32)46-41/h1-27H. The van der Waals surface area contributed by atoms with Gasteiger partial charge < -0.3 is 14.2 Å². The summed E-state index contributed by atoms with van der Waals surface area (Å²) in [6.45, 7) is 0.134. The topological polar surface area (TPSA) is 19.6 Å². The summed E-state index contributed by atoms with van der Waals surface area (Å²) >= 11 is 0. The summed E-state index contributed by atoms with van der Waals surface area (Å²) in [5, 5.41) is 2.28. The van der Waals surface area contributed by atoms with Gasteiger partial charge in [-0.05, 0) is 94.2 Å². The van der Waals surface area contributed by atoms with Gasteiger partial charge >= 0.3 is 0 Å². The van der Waals surface area contributed by atoms with Crippen LogP contribution in [0, 0.1) is 0 Å². The first-order chi connectivity index (χ1) is 22.8. The molecule has 0 saturated heterocycles. The normalized spacial score (nSPS) is 13.1. The van der Waals surface area contributed by atoms with Gasteiger partial charge in [0, 0.05) is 44.9 Å². The zero-order valence-corrected chi connectivity index (χ0v) is 25.0. The van der Waals surface area contributed by atoms with Crippen LogP contribution >= 0.6 is 0 Å². The zero-order valence-electron chi connectivity index (χ0n) is 25.0. The van der Waals surface area contributed by atoms with Crippen LogP contribution in [0.3, 0.4) is 0 Å². The molecule has 0 N–H and O–H groups in total. The SMILES string of the molecule is c1ccc(N2c3ccccc3B3c4ccccc4N(c4cccc(-c5ccc6oc7ccccc7c6c5)c4)c4cccc2c43)cc1. The maximum absolute atomic E-state index is 6.13. The maximum Gasteiger partial charge on any atom is 0.252 e. The van der Waals surface area contributed by atoms with E-state index in [1.54, 1.807) is 0 Å². The van der Waals surface area contributed by atoms with Crippen LogP contribution in [0.2, 0.25) is 0 Å². The zero-order chi connectivity index (χ0) is 30.2. The van der Waals surface area contributed by atoms with Crippen molar-refractivity contribution in [3.05, 3.63) is 164 Å². The van der Waals surface area contributed by atoms with E-state index < -0.39 is 0 Å². The van der Waals surface area contributed by atoms with E-state index in [2.05, 4.69) is 161 Å². The third kappa shape index (κ3) is 3.61. The van der Waals surface area contributed by atoms with Crippen molar-refractivity contribution in [2.24, 2.45) is 0 Å². The lowest BCUT2D eigenvalue weighted by atomic mass is 9.33. The molecule has 2 aliphatic heterocycles. The Balaban J connectivity index is 1.18. The molecule has 0 bridgehead atoms. The lowest BCUT2D eigenvalue weighted by Crippen LogP contribution is -2.61. The van der Waals surface area contributed by atoms with Crippen LogP contribution < -0.4 is 26.2 Å². The molecule has 10 rings (SSSR count). The highest BCUT2D eigenvalue weighted by Gasteiger charge is 2.42. The summed E-state index contributed by atoms with van der Waals surface area (Å²) < 4.78 is 6.13. The lowest BCUT2D eigenvalue weighted by molar-refractivity contribution is 0.669. The number of furan rings is 1. The van der Waals surface area contributed by atoms with Gasteiger partial charge in [0.2, 0.25) is 0 Å². The third-order valence-electron chi connectivity index (χ3n) is 9.64. The number of fused-ring (bicyclic) bond motifs is 7. The van der Waals surface area contributed by atoms with Crippen molar-refractivity contribution < 1.29 is 4.42 Å². The van der Waals surface area contributed by atoms with Gasteiger partial charge in [-0.15, -0.1) is 0 Å². The Morgan fingerprint density at radius 2 is 0.957 bits per heavy atom. The Labute approximate surface area is 267 Å². The monoisotopic (exact) mass is 586 g/mol. The Bertz CT molecular complexity index is 2470. The number of para-hydroxylation sites is 4. The third-order valence-corrected chi connectivity index (χ3v) is 9.64. The van der Waals surface area contributed by atoms with Crippen molar-refractivity contribution in [1.82, 2.24) is 0 Å². The molecule has 7 aromatic carbocycles. The van der Waals surface area contributed by atoms with Gasteiger partial charge in [-0.3, -0.25) is 0 Å². The number of anilines is 6. The lowest BCUT2D eigenvalue weighted by Gasteiger charge is -2.44. The Morgan fingerprint density at radius 1 is 0.391 bits per heavy atom. The molecule has 3 nitrogen and oxygen atoms in total. The molecule has 0 saturated carbocycles. The van der Waals surface area contributed by atoms with Gasteiger partial charge in [0.15, 0.2) is 0 Å². The molecule has 1 aromatic heterocycles. The van der Waals surface area contributed by atoms with E-state index in [-0.39, 0.29) is 6.71 Å². The van der Waals surface area contributed by atoms with Gasteiger partial charge in [0.05, 0.1) is 0 Å². The Kier molecular flexibility index (Phi) is 5.37. The first-order valence-electron chi connectivity index (χ1n) is 15.8. The van der Waals surface area contributed by atoms with Crippen LogP contribution in [-0.4, -0.2) is 6.71 Å². The molecule has 0 fully saturated rings. The fraction of sp³-hybridized carbons (Fsp3) is 0. The van der Waals surface area contributed by atoms with E-state index in [4.69, 9.17) is 4.42 Å². The molecule has 4 heteroatoms. The number of hydrogen-bond acceptors (Lipinski definition) is 3. The van der Waals surface area contributed by atoms with Crippen LogP contribution in [0.25, 0.3) is 33.1 Å². The second-order valence-electron chi connectivity index (χ2n) is 12.1. The second kappa shape index (κ2) is 9.75. The number of hydrogen-bond donors (Lipinski definition) is 0. The van der Waals surface area contributed by atoms with Crippen molar-refractivity contribution in [2.45, 2.75) is 0 Å². The number of nitrogens with zero attached hydrogens (tertiary/aromatic N) is 2. The highest BCUT2D eigenvalue weighted by molar-refractivity contribution is 7.00. The summed E-state index contributed by atoms with van der Waals surface area (Å²) in [5.41, 5.74) is 15.3. The molecule has 0 unspecified atom stereocenters. The predicted octanol–water partition coefficient (Wildman–Crippen LogP) is 9.34. The fourth-order valence-electron chi connectivity index (χ4n) is 7.70. The predicted molar refractivity (Wildman–Crippen MR) is 193 cm³/mol. The van der Waals surface area contributed by atoms with E-state index in [1.807, 2.05) is 12.1 Å². The number of rotatable bonds is 3. The molecule has 0 amide bonds. The Morgan fingerprint density at radius 3 is 1.74 bits per heavy atom. The summed E-state index contributed by atoms with van der Waals surface area (Å²) in [6, 6.07) is 59.1. The van der Waals surface area contributed by atoms with Crippen molar-refractivity contribution in [2.75, 3.05) is 9.80 Å². The van der Waals surface area contributed by atoms with Gasteiger partial charge in [0.25, 0.3) is 6.71 Å². The van der Waals surface area contributed by atoms with Gasteiger partial charge in [0.1, 0.15) is 11.2 Å². The summed E-state index contributed by atoms with van der Waals surface area (Å²) in [6.07, 6.45) is 0. The minimum absolute atomic E-state index is 0.134. The van der Waals surface area contributed by atoms with Crippen LogP contribution in [0.5, 0.6) is 0 Å². The molecule has 3 heterocycles. The molecule has 0 spiro atoms. The van der Waals surface area contributed by atoms with E-state index in [1.165, 1.54) is 50.3 Å². The van der Waals surface area contributed by atoms with Crippen molar-refractivity contribution in [1.29, 1.82) is 0 Å². The smallest absolute Gasteiger partial charge is 0.252 e. The second-order valence-corrected chi connectivity index (χ2v) is 12.1. The summed E-state index contributed by atoms with van der Waals surface area (Å²) in [4.78, 5) is 4.88. The van der Waals surface area contributed by atoms with E-state index in [9.17, 15) is 0 Å². The van der Waals surface area contributed by atoms with Crippen molar-refractivity contribution in [3.8, 4) is 11.1 Å². The summed E-state index contributed by atoms with van der Waals surface area (Å²) in [5.74, 6) is 0. The first kappa shape index (κ1) is 25.3. The molecular weight excluding hydrogens is 559 g/mol. The minimum atomic E-state index is 0.134. The molecular formula is C42H27BN2O. The van der Waals surface area contributed by atoms with Gasteiger partial charge in [-0.2, -0.15) is 0 Å². The maximum atomic E-state index is 6.13. The molecule has 46 heavy (non-hydrogen) atoms. The van der Waals surface area contributed by atoms with E-state index in [0.717, 1.165) is 33.3 Å². The largest absolute Gasteiger partial charge is 0.456 e. The van der Waals surface area contributed by atoms with Crippen LogP contribution in [0.1, 0.15) is 0 Å². The van der Waals surface area contributed by atoms with Crippen LogP contribution in [0.15, 0.2) is 168 Å². The highest BCUT2D eigenvalue weighted by atomic mass is 16.3. The fourth-order valence-corrected chi connectivity index (χ4v) is 7.70. The first-order valence-corrected chi connectivity index (χ1v) is 15.8. The molecule has 0 radical (unpaired) electrons. The highest BCUT2D eigenvalue weighted by Crippen LogP contribution is 2.44. The molecule has 0 atom stereocenters. The molecule has 8 aromatic rings.